The molecule has 1 N–H and O–H groups in total. The van der Waals surface area contributed by atoms with Gasteiger partial charge in [0, 0.05) is 18.1 Å². The van der Waals surface area contributed by atoms with Gasteiger partial charge in [0.25, 0.3) is 0 Å². The lowest BCUT2D eigenvalue weighted by Gasteiger charge is -2.27. The average molecular weight is 201 g/mol. The number of benzene rings is 1. The molecule has 2 heterocycles. The van der Waals surface area contributed by atoms with Gasteiger partial charge in [0.15, 0.2) is 0 Å². The SMILES string of the molecule is Cn1nc2ccccc2c1CC1CNC1. The van der Waals surface area contributed by atoms with E-state index < -0.39 is 0 Å². The molecule has 0 atom stereocenters. The lowest BCUT2D eigenvalue weighted by Crippen LogP contribution is -2.43. The standard InChI is InChI=1S/C12H15N3/c1-15-12(6-9-7-13-8-9)10-4-2-3-5-11(10)14-15/h2-5,9,13H,6-8H2,1H3. The topological polar surface area (TPSA) is 29.9 Å². The minimum absolute atomic E-state index is 0.795. The van der Waals surface area contributed by atoms with Crippen molar-refractivity contribution in [2.75, 3.05) is 13.1 Å². The fourth-order valence-electron chi connectivity index (χ4n) is 2.21. The second-order valence-electron chi connectivity index (χ2n) is 4.32. The molecule has 78 valence electrons. The molecule has 0 bridgehead atoms. The predicted molar refractivity (Wildman–Crippen MR) is 60.8 cm³/mol. The van der Waals surface area contributed by atoms with Crippen molar-refractivity contribution in [3.63, 3.8) is 0 Å². The Kier molecular flexibility index (Phi) is 1.99. The van der Waals surface area contributed by atoms with Crippen molar-refractivity contribution in [3.05, 3.63) is 30.0 Å². The third-order valence-corrected chi connectivity index (χ3v) is 3.21. The van der Waals surface area contributed by atoms with E-state index in [0.29, 0.717) is 0 Å². The van der Waals surface area contributed by atoms with Crippen molar-refractivity contribution in [3.8, 4) is 0 Å². The van der Waals surface area contributed by atoms with Crippen molar-refractivity contribution in [1.29, 1.82) is 0 Å². The molecule has 3 rings (SSSR count). The Hall–Kier alpha value is -1.35. The van der Waals surface area contributed by atoms with E-state index in [-0.39, 0.29) is 0 Å². The Labute approximate surface area is 89.1 Å². The summed E-state index contributed by atoms with van der Waals surface area (Å²) in [5.74, 6) is 0.795. The Morgan fingerprint density at radius 1 is 1.40 bits per heavy atom. The van der Waals surface area contributed by atoms with Gasteiger partial charge in [-0.25, -0.2) is 0 Å². The minimum atomic E-state index is 0.795. The van der Waals surface area contributed by atoms with Crippen LogP contribution in [0.3, 0.4) is 0 Å². The average Bonchev–Trinajstić information content (AvgIpc) is 2.48. The third-order valence-electron chi connectivity index (χ3n) is 3.21. The molecule has 1 fully saturated rings. The smallest absolute Gasteiger partial charge is 0.0926 e. The quantitative estimate of drug-likeness (QED) is 0.794. The molecular formula is C12H15N3. The fourth-order valence-corrected chi connectivity index (χ4v) is 2.21. The van der Waals surface area contributed by atoms with Crippen LogP contribution in [0.5, 0.6) is 0 Å². The van der Waals surface area contributed by atoms with Crippen LogP contribution in [0.4, 0.5) is 0 Å². The molecule has 0 unspecified atom stereocenters. The Bertz CT molecular complexity index is 483. The number of fused-ring (bicyclic) bond motifs is 1. The second kappa shape index (κ2) is 3.35. The van der Waals surface area contributed by atoms with Gasteiger partial charge in [0.05, 0.1) is 5.52 Å². The Morgan fingerprint density at radius 2 is 2.20 bits per heavy atom. The number of aromatic nitrogens is 2. The molecule has 3 heteroatoms. The molecule has 15 heavy (non-hydrogen) atoms. The number of nitrogens with zero attached hydrogens (tertiary/aromatic N) is 2. The lowest BCUT2D eigenvalue weighted by atomic mass is 9.96. The maximum absolute atomic E-state index is 4.52. The number of hydrogen-bond acceptors (Lipinski definition) is 2. The monoisotopic (exact) mass is 201 g/mol. The van der Waals surface area contributed by atoms with Crippen LogP contribution in [-0.2, 0) is 13.5 Å². The molecule has 1 saturated heterocycles. The molecular weight excluding hydrogens is 186 g/mol. The summed E-state index contributed by atoms with van der Waals surface area (Å²) < 4.78 is 2.03. The van der Waals surface area contributed by atoms with Gasteiger partial charge in [-0.2, -0.15) is 5.10 Å². The largest absolute Gasteiger partial charge is 0.316 e. The summed E-state index contributed by atoms with van der Waals surface area (Å²) >= 11 is 0. The molecule has 0 radical (unpaired) electrons. The van der Waals surface area contributed by atoms with E-state index in [4.69, 9.17) is 0 Å². The summed E-state index contributed by atoms with van der Waals surface area (Å²) in [6.07, 6.45) is 1.14. The zero-order valence-electron chi connectivity index (χ0n) is 8.90. The highest BCUT2D eigenvalue weighted by Crippen LogP contribution is 2.21. The van der Waals surface area contributed by atoms with Gasteiger partial charge in [-0.1, -0.05) is 18.2 Å². The predicted octanol–water partition coefficient (Wildman–Crippen LogP) is 1.34. The zero-order valence-corrected chi connectivity index (χ0v) is 8.90. The maximum Gasteiger partial charge on any atom is 0.0926 e. The summed E-state index contributed by atoms with van der Waals surface area (Å²) in [7, 11) is 2.04. The second-order valence-corrected chi connectivity index (χ2v) is 4.32. The molecule has 0 saturated carbocycles. The molecule has 0 spiro atoms. The number of hydrogen-bond donors (Lipinski definition) is 1. The molecule has 1 aromatic heterocycles. The molecule has 1 aliphatic rings. The third kappa shape index (κ3) is 1.43. The van der Waals surface area contributed by atoms with Crippen molar-refractivity contribution in [2.24, 2.45) is 13.0 Å². The van der Waals surface area contributed by atoms with Gasteiger partial charge in [-0.05, 0) is 31.5 Å². The summed E-state index contributed by atoms with van der Waals surface area (Å²) in [6, 6.07) is 8.39. The molecule has 0 amide bonds. The van der Waals surface area contributed by atoms with Gasteiger partial charge in [-0.3, -0.25) is 4.68 Å². The molecule has 1 aromatic carbocycles. The number of aryl methyl sites for hydroxylation is 1. The number of nitrogens with one attached hydrogen (secondary N) is 1. The molecule has 2 aromatic rings. The molecule has 3 nitrogen and oxygen atoms in total. The normalized spacial score (nSPS) is 16.9. The lowest BCUT2D eigenvalue weighted by molar-refractivity contribution is 0.341. The molecule has 1 aliphatic heterocycles. The summed E-state index contributed by atoms with van der Waals surface area (Å²) in [5, 5.41) is 9.14. The van der Waals surface area contributed by atoms with Gasteiger partial charge >= 0.3 is 0 Å². The first-order valence-electron chi connectivity index (χ1n) is 5.46. The Balaban J connectivity index is 2.03. The number of rotatable bonds is 2. The first-order chi connectivity index (χ1) is 7.34. The highest BCUT2D eigenvalue weighted by atomic mass is 15.3. The van der Waals surface area contributed by atoms with E-state index in [1.54, 1.807) is 0 Å². The first-order valence-corrected chi connectivity index (χ1v) is 5.46. The van der Waals surface area contributed by atoms with Gasteiger partial charge in [-0.15, -0.1) is 0 Å². The van der Waals surface area contributed by atoms with Crippen LogP contribution in [0.2, 0.25) is 0 Å². The van der Waals surface area contributed by atoms with E-state index in [0.717, 1.165) is 30.9 Å². The fraction of sp³-hybridized carbons (Fsp3) is 0.417. The van der Waals surface area contributed by atoms with E-state index >= 15 is 0 Å². The summed E-state index contributed by atoms with van der Waals surface area (Å²) in [6.45, 7) is 2.30. The summed E-state index contributed by atoms with van der Waals surface area (Å²) in [5.41, 5.74) is 2.49. The van der Waals surface area contributed by atoms with Crippen LogP contribution in [0.15, 0.2) is 24.3 Å². The van der Waals surface area contributed by atoms with E-state index in [9.17, 15) is 0 Å². The Morgan fingerprint density at radius 3 is 2.93 bits per heavy atom. The van der Waals surface area contributed by atoms with E-state index in [1.807, 2.05) is 17.8 Å². The van der Waals surface area contributed by atoms with Gasteiger partial charge in [0.1, 0.15) is 0 Å². The minimum Gasteiger partial charge on any atom is -0.316 e. The van der Waals surface area contributed by atoms with Crippen LogP contribution in [0.25, 0.3) is 10.9 Å². The van der Waals surface area contributed by atoms with Crippen LogP contribution in [-0.4, -0.2) is 22.9 Å². The van der Waals surface area contributed by atoms with Crippen LogP contribution in [0.1, 0.15) is 5.69 Å². The van der Waals surface area contributed by atoms with Crippen LogP contribution in [0, 0.1) is 5.92 Å². The van der Waals surface area contributed by atoms with Crippen molar-refractivity contribution in [2.45, 2.75) is 6.42 Å². The first kappa shape index (κ1) is 8.92. The van der Waals surface area contributed by atoms with E-state index in [1.165, 1.54) is 11.1 Å². The van der Waals surface area contributed by atoms with Gasteiger partial charge < -0.3 is 5.32 Å². The summed E-state index contributed by atoms with van der Waals surface area (Å²) in [4.78, 5) is 0. The highest BCUT2D eigenvalue weighted by molar-refractivity contribution is 5.81. The van der Waals surface area contributed by atoms with Gasteiger partial charge in [0.2, 0.25) is 0 Å². The van der Waals surface area contributed by atoms with Crippen molar-refractivity contribution >= 4 is 10.9 Å². The maximum atomic E-state index is 4.52. The highest BCUT2D eigenvalue weighted by Gasteiger charge is 2.20. The van der Waals surface area contributed by atoms with Crippen LogP contribution < -0.4 is 5.32 Å². The van der Waals surface area contributed by atoms with E-state index in [2.05, 4.69) is 28.6 Å². The zero-order chi connectivity index (χ0) is 10.3. The molecule has 0 aliphatic carbocycles. The van der Waals surface area contributed by atoms with Crippen LogP contribution >= 0.6 is 0 Å². The van der Waals surface area contributed by atoms with Crippen molar-refractivity contribution < 1.29 is 0 Å². The van der Waals surface area contributed by atoms with Crippen molar-refractivity contribution in [1.82, 2.24) is 15.1 Å².